The summed E-state index contributed by atoms with van der Waals surface area (Å²) in [6, 6.07) is 17.0. The monoisotopic (exact) mass is 439 g/mol. The van der Waals surface area contributed by atoms with Gasteiger partial charge in [0.05, 0.1) is 21.2 Å². The van der Waals surface area contributed by atoms with Gasteiger partial charge in [0.1, 0.15) is 0 Å². The normalized spacial score (nSPS) is 11.1. The van der Waals surface area contributed by atoms with Crippen LogP contribution in [0.3, 0.4) is 0 Å². The third-order valence-electron chi connectivity index (χ3n) is 4.88. The van der Waals surface area contributed by atoms with Crippen molar-refractivity contribution in [3.8, 4) is 0 Å². The summed E-state index contributed by atoms with van der Waals surface area (Å²) >= 11 is 0. The molecule has 0 aliphatic rings. The van der Waals surface area contributed by atoms with Crippen LogP contribution in [-0.4, -0.2) is 26.3 Å². The molecule has 0 bridgehead atoms. The molecule has 1 N–H and O–H groups in total. The van der Waals surface area contributed by atoms with Gasteiger partial charge in [-0.1, -0.05) is 24.3 Å². The minimum Gasteiger partial charge on any atom is -0.321 e. The Hall–Kier alpha value is -3.72. The molecule has 0 unspecified atom stereocenters. The van der Waals surface area contributed by atoms with Gasteiger partial charge in [-0.15, -0.1) is 0 Å². The fourth-order valence-electron chi connectivity index (χ4n) is 3.08. The minimum atomic E-state index is -3.75. The van der Waals surface area contributed by atoms with E-state index in [4.69, 9.17) is 0 Å². The molecule has 31 heavy (non-hydrogen) atoms. The number of benzene rings is 3. The average Bonchev–Trinajstić information content (AvgIpc) is 2.75. The Morgan fingerprint density at radius 3 is 2.26 bits per heavy atom. The third kappa shape index (κ3) is 4.56. The molecule has 8 nitrogen and oxygen atoms in total. The van der Waals surface area contributed by atoms with Gasteiger partial charge in [0.15, 0.2) is 0 Å². The topological polar surface area (TPSA) is 110 Å². The molecule has 0 spiro atoms. The maximum atomic E-state index is 12.9. The van der Waals surface area contributed by atoms with Gasteiger partial charge < -0.3 is 5.32 Å². The lowest BCUT2D eigenvalue weighted by Crippen LogP contribution is -2.27. The van der Waals surface area contributed by atoms with Gasteiger partial charge >= 0.3 is 0 Å². The molecular formula is C22H21N3O5S. The van der Waals surface area contributed by atoms with Gasteiger partial charge in [-0.2, -0.15) is 0 Å². The van der Waals surface area contributed by atoms with Crippen LogP contribution in [0.4, 0.5) is 17.1 Å². The van der Waals surface area contributed by atoms with E-state index < -0.39 is 20.9 Å². The van der Waals surface area contributed by atoms with Crippen molar-refractivity contribution in [1.82, 2.24) is 0 Å². The first kappa shape index (κ1) is 22.0. The molecule has 0 saturated carbocycles. The fraction of sp³-hybridized carbons (Fsp3) is 0.136. The van der Waals surface area contributed by atoms with E-state index in [1.165, 1.54) is 41.7 Å². The number of hydrogen-bond donors (Lipinski definition) is 1. The van der Waals surface area contributed by atoms with Crippen molar-refractivity contribution in [2.75, 3.05) is 16.7 Å². The van der Waals surface area contributed by atoms with Gasteiger partial charge in [-0.05, 0) is 55.3 Å². The smallest absolute Gasteiger partial charge is 0.271 e. The molecule has 0 aliphatic carbocycles. The lowest BCUT2D eigenvalue weighted by Gasteiger charge is -2.22. The van der Waals surface area contributed by atoms with E-state index in [1.807, 2.05) is 0 Å². The number of carbonyl (C=O) groups is 1. The summed E-state index contributed by atoms with van der Waals surface area (Å²) in [4.78, 5) is 23.3. The Morgan fingerprint density at radius 2 is 1.65 bits per heavy atom. The maximum absolute atomic E-state index is 12.9. The van der Waals surface area contributed by atoms with Crippen molar-refractivity contribution in [2.45, 2.75) is 18.7 Å². The Balaban J connectivity index is 1.86. The molecule has 160 valence electrons. The number of sulfonamides is 1. The number of rotatable bonds is 6. The van der Waals surface area contributed by atoms with E-state index in [0.29, 0.717) is 28.1 Å². The zero-order chi connectivity index (χ0) is 22.8. The Labute approximate surface area is 180 Å². The summed E-state index contributed by atoms with van der Waals surface area (Å²) in [5, 5.41) is 13.7. The van der Waals surface area contributed by atoms with Gasteiger partial charge in [0.25, 0.3) is 21.6 Å². The van der Waals surface area contributed by atoms with Crippen LogP contribution in [0.25, 0.3) is 0 Å². The number of nitrogens with zero attached hydrogens (tertiary/aromatic N) is 2. The second-order valence-corrected chi connectivity index (χ2v) is 8.97. The average molecular weight is 439 g/mol. The van der Waals surface area contributed by atoms with Gasteiger partial charge in [0, 0.05) is 24.7 Å². The fourth-order valence-corrected chi connectivity index (χ4v) is 4.36. The number of carbonyl (C=O) groups excluding carboxylic acids is 1. The zero-order valence-corrected chi connectivity index (χ0v) is 18.0. The Kier molecular flexibility index (Phi) is 6.07. The summed E-state index contributed by atoms with van der Waals surface area (Å²) in [6.07, 6.45) is 0. The van der Waals surface area contributed by atoms with E-state index in [-0.39, 0.29) is 10.6 Å². The molecule has 0 aromatic heterocycles. The van der Waals surface area contributed by atoms with Crippen LogP contribution >= 0.6 is 0 Å². The first-order chi connectivity index (χ1) is 14.6. The third-order valence-corrected chi connectivity index (χ3v) is 6.67. The highest BCUT2D eigenvalue weighted by Crippen LogP contribution is 2.27. The van der Waals surface area contributed by atoms with Crippen molar-refractivity contribution in [2.24, 2.45) is 0 Å². The van der Waals surface area contributed by atoms with E-state index in [9.17, 15) is 23.3 Å². The van der Waals surface area contributed by atoms with Crippen molar-refractivity contribution < 1.29 is 18.1 Å². The zero-order valence-electron chi connectivity index (χ0n) is 17.2. The van der Waals surface area contributed by atoms with Crippen LogP contribution in [-0.2, 0) is 10.0 Å². The second kappa shape index (κ2) is 8.57. The van der Waals surface area contributed by atoms with Crippen LogP contribution in [0.2, 0.25) is 0 Å². The largest absolute Gasteiger partial charge is 0.321 e. The second-order valence-electron chi connectivity index (χ2n) is 7.00. The summed E-state index contributed by atoms with van der Waals surface area (Å²) in [6.45, 7) is 3.44. The highest BCUT2D eigenvalue weighted by Gasteiger charge is 2.23. The van der Waals surface area contributed by atoms with Crippen molar-refractivity contribution >= 4 is 33.0 Å². The number of hydrogen-bond acceptors (Lipinski definition) is 5. The SMILES string of the molecule is Cc1ccc([N+](=O)[O-])cc1NC(=O)c1ccc(N(C)S(=O)(=O)c2ccccc2)c(C)c1. The summed E-state index contributed by atoms with van der Waals surface area (Å²) < 4.78 is 26.9. The number of nitro groups is 1. The lowest BCUT2D eigenvalue weighted by molar-refractivity contribution is -0.384. The lowest BCUT2D eigenvalue weighted by atomic mass is 10.1. The van der Waals surface area contributed by atoms with Crippen LogP contribution in [0.5, 0.6) is 0 Å². The molecule has 0 aliphatic heterocycles. The van der Waals surface area contributed by atoms with Crippen LogP contribution in [0, 0.1) is 24.0 Å². The summed E-state index contributed by atoms with van der Waals surface area (Å²) in [5.41, 5.74) is 2.22. The van der Waals surface area contributed by atoms with Crippen LogP contribution in [0.15, 0.2) is 71.6 Å². The van der Waals surface area contributed by atoms with E-state index >= 15 is 0 Å². The number of nitro benzene ring substituents is 1. The van der Waals surface area contributed by atoms with Gasteiger partial charge in [-0.3, -0.25) is 19.2 Å². The van der Waals surface area contributed by atoms with Gasteiger partial charge in [0.2, 0.25) is 0 Å². The van der Waals surface area contributed by atoms with Crippen LogP contribution < -0.4 is 9.62 Å². The molecule has 0 atom stereocenters. The van der Waals surface area contributed by atoms with Gasteiger partial charge in [-0.25, -0.2) is 8.42 Å². The molecule has 9 heteroatoms. The molecule has 3 aromatic carbocycles. The molecular weight excluding hydrogens is 418 g/mol. The van der Waals surface area contributed by atoms with Crippen molar-refractivity contribution in [1.29, 1.82) is 0 Å². The predicted molar refractivity (Wildman–Crippen MR) is 119 cm³/mol. The molecule has 1 amide bonds. The molecule has 3 rings (SSSR count). The number of anilines is 2. The Morgan fingerprint density at radius 1 is 0.968 bits per heavy atom. The standard InChI is InChI=1S/C22H21N3O5S/c1-15-9-11-18(25(27)28)14-20(15)23-22(26)17-10-12-21(16(2)13-17)24(3)31(29,30)19-7-5-4-6-8-19/h4-14H,1-3H3,(H,23,26). The first-order valence-corrected chi connectivity index (χ1v) is 10.8. The highest BCUT2D eigenvalue weighted by molar-refractivity contribution is 7.92. The van der Waals surface area contributed by atoms with E-state index in [0.717, 1.165) is 0 Å². The summed E-state index contributed by atoms with van der Waals surface area (Å²) in [5.74, 6) is -0.452. The molecule has 0 radical (unpaired) electrons. The minimum absolute atomic E-state index is 0.125. The molecule has 0 fully saturated rings. The maximum Gasteiger partial charge on any atom is 0.271 e. The first-order valence-electron chi connectivity index (χ1n) is 9.32. The van der Waals surface area contributed by atoms with Crippen molar-refractivity contribution in [3.63, 3.8) is 0 Å². The molecule has 0 heterocycles. The molecule has 0 saturated heterocycles. The Bertz CT molecular complexity index is 1260. The number of amides is 1. The van der Waals surface area contributed by atoms with Crippen LogP contribution in [0.1, 0.15) is 21.5 Å². The van der Waals surface area contributed by atoms with E-state index in [2.05, 4.69) is 5.32 Å². The van der Waals surface area contributed by atoms with E-state index in [1.54, 1.807) is 50.2 Å². The quantitative estimate of drug-likeness (QED) is 0.455. The number of non-ortho nitro benzene ring substituents is 1. The summed E-state index contributed by atoms with van der Waals surface area (Å²) in [7, 11) is -2.29. The highest BCUT2D eigenvalue weighted by atomic mass is 32.2. The number of nitrogens with one attached hydrogen (secondary N) is 1. The predicted octanol–water partition coefficient (Wildman–Crippen LogP) is 4.29. The number of aryl methyl sites for hydroxylation is 2. The van der Waals surface area contributed by atoms with Crippen molar-refractivity contribution in [3.05, 3.63) is 93.5 Å². The molecule has 3 aromatic rings.